The van der Waals surface area contributed by atoms with E-state index in [9.17, 15) is 4.79 Å². The number of hydrogen-bond acceptors (Lipinski definition) is 3. The number of fused-ring (bicyclic) bond motifs is 2. The maximum absolute atomic E-state index is 11.0. The molecule has 0 fully saturated rings. The van der Waals surface area contributed by atoms with Crippen molar-refractivity contribution in [2.75, 3.05) is 0 Å². The van der Waals surface area contributed by atoms with Gasteiger partial charge in [-0.15, -0.1) is 11.3 Å². The summed E-state index contributed by atoms with van der Waals surface area (Å²) in [5.41, 5.74) is 6.66. The van der Waals surface area contributed by atoms with Gasteiger partial charge in [-0.05, 0) is 55.9 Å². The summed E-state index contributed by atoms with van der Waals surface area (Å²) in [7, 11) is 0. The van der Waals surface area contributed by atoms with Gasteiger partial charge in [0, 0.05) is 22.7 Å². The summed E-state index contributed by atoms with van der Waals surface area (Å²) < 4.78 is 2.03. The van der Waals surface area contributed by atoms with Crippen LogP contribution in [0.2, 0.25) is 0 Å². The number of hydrogen-bond donors (Lipinski definition) is 1. The van der Waals surface area contributed by atoms with E-state index < -0.39 is 5.97 Å². The molecule has 0 atom stereocenters. The van der Waals surface area contributed by atoms with Crippen LogP contribution < -0.4 is 0 Å². The molecule has 4 nitrogen and oxygen atoms in total. The molecule has 24 heavy (non-hydrogen) atoms. The van der Waals surface area contributed by atoms with Crippen LogP contribution in [0, 0.1) is 6.92 Å². The number of carboxylic acids is 1. The monoisotopic (exact) mass is 338 g/mol. The molecule has 0 bridgehead atoms. The molecule has 122 valence electrons. The van der Waals surface area contributed by atoms with Crippen LogP contribution in [0.1, 0.15) is 35.4 Å². The van der Waals surface area contributed by atoms with E-state index >= 15 is 0 Å². The molecule has 0 amide bonds. The number of thiazole rings is 1. The summed E-state index contributed by atoms with van der Waals surface area (Å²) >= 11 is 1.58. The largest absolute Gasteiger partial charge is 0.478 e. The van der Waals surface area contributed by atoms with Gasteiger partial charge in [-0.2, -0.15) is 0 Å². The third-order valence-corrected chi connectivity index (χ3v) is 5.52. The second-order valence-electron chi connectivity index (χ2n) is 6.20. The van der Waals surface area contributed by atoms with Crippen LogP contribution in [0.3, 0.4) is 0 Å². The first-order chi connectivity index (χ1) is 11.6. The van der Waals surface area contributed by atoms with Crippen molar-refractivity contribution in [3.8, 4) is 11.3 Å². The van der Waals surface area contributed by atoms with Gasteiger partial charge in [0.2, 0.25) is 0 Å². The first-order valence-electron chi connectivity index (χ1n) is 8.13. The molecule has 1 aromatic carbocycles. The molecule has 2 aromatic heterocycles. The fourth-order valence-electron chi connectivity index (χ4n) is 3.42. The second kappa shape index (κ2) is 5.91. The van der Waals surface area contributed by atoms with Crippen LogP contribution in [0.4, 0.5) is 0 Å². The molecule has 1 N–H and O–H groups in total. The Hall–Kier alpha value is -2.40. The quantitative estimate of drug-likeness (QED) is 0.723. The molecule has 5 heteroatoms. The molecule has 0 aliphatic heterocycles. The average molecular weight is 338 g/mol. The number of carbonyl (C=O) groups is 1. The summed E-state index contributed by atoms with van der Waals surface area (Å²) in [5, 5.41) is 11.0. The Morgan fingerprint density at radius 1 is 1.29 bits per heavy atom. The topological polar surface area (TPSA) is 54.6 Å². The molecule has 3 aromatic rings. The van der Waals surface area contributed by atoms with E-state index in [1.54, 1.807) is 17.4 Å². The zero-order valence-electron chi connectivity index (χ0n) is 13.5. The normalized spacial score (nSPS) is 14.4. The van der Waals surface area contributed by atoms with Gasteiger partial charge in [-0.25, -0.2) is 9.78 Å². The predicted octanol–water partition coefficient (Wildman–Crippen LogP) is 4.35. The van der Waals surface area contributed by atoms with Gasteiger partial charge >= 0.3 is 5.97 Å². The Morgan fingerprint density at radius 2 is 2.08 bits per heavy atom. The number of rotatable bonds is 3. The summed E-state index contributed by atoms with van der Waals surface area (Å²) in [4.78, 5) is 16.6. The van der Waals surface area contributed by atoms with Crippen LogP contribution in [0.25, 0.3) is 22.3 Å². The van der Waals surface area contributed by atoms with E-state index in [1.807, 2.05) is 16.7 Å². The van der Waals surface area contributed by atoms with Crippen LogP contribution in [0.15, 0.2) is 29.7 Å². The lowest BCUT2D eigenvalue weighted by atomic mass is 9.90. The minimum atomic E-state index is -0.950. The molecular weight excluding hydrogens is 320 g/mol. The number of aryl methyl sites for hydroxylation is 3. The van der Waals surface area contributed by atoms with E-state index in [0.717, 1.165) is 40.4 Å². The molecule has 1 aliphatic rings. The van der Waals surface area contributed by atoms with E-state index in [2.05, 4.69) is 18.2 Å². The minimum Gasteiger partial charge on any atom is -0.478 e. The average Bonchev–Trinajstić information content (AvgIpc) is 3.12. The first kappa shape index (κ1) is 15.1. The van der Waals surface area contributed by atoms with Gasteiger partial charge in [-0.1, -0.05) is 12.1 Å². The van der Waals surface area contributed by atoms with Gasteiger partial charge in [-0.3, -0.25) is 4.40 Å². The fourth-order valence-corrected chi connectivity index (χ4v) is 4.29. The Labute approximate surface area is 144 Å². The van der Waals surface area contributed by atoms with Gasteiger partial charge in [0.25, 0.3) is 0 Å². The van der Waals surface area contributed by atoms with Crippen molar-refractivity contribution in [3.05, 3.63) is 52.2 Å². The summed E-state index contributed by atoms with van der Waals surface area (Å²) in [6, 6.07) is 6.55. The maximum Gasteiger partial charge on any atom is 0.328 e. The molecule has 2 heterocycles. The van der Waals surface area contributed by atoms with Crippen molar-refractivity contribution in [3.63, 3.8) is 0 Å². The highest BCUT2D eigenvalue weighted by Crippen LogP contribution is 2.32. The van der Waals surface area contributed by atoms with Crippen LogP contribution in [-0.4, -0.2) is 20.5 Å². The Balaban J connectivity index is 1.89. The Kier molecular flexibility index (Phi) is 3.73. The zero-order chi connectivity index (χ0) is 16.7. The van der Waals surface area contributed by atoms with Gasteiger partial charge in [0.15, 0.2) is 4.96 Å². The molecule has 4 rings (SSSR count). The number of nitrogens with zero attached hydrogens (tertiary/aromatic N) is 2. The number of benzene rings is 1. The standard InChI is InChI=1S/C19H18N2O2S/c1-12-11-24-19-20-18(16(21(12)19)8-9-17(22)23)15-7-6-13-4-2-3-5-14(13)10-15/h6-11H,2-5H2,1H3,(H,22,23)/b9-8+. The number of carboxylic acid groups (broad SMARTS) is 1. The van der Waals surface area contributed by atoms with Crippen molar-refractivity contribution in [1.82, 2.24) is 9.38 Å². The molecule has 0 unspecified atom stereocenters. The molecule has 1 aliphatic carbocycles. The lowest BCUT2D eigenvalue weighted by molar-refractivity contribution is -0.131. The van der Waals surface area contributed by atoms with Crippen molar-refractivity contribution < 1.29 is 9.90 Å². The Morgan fingerprint density at radius 3 is 2.88 bits per heavy atom. The third kappa shape index (κ3) is 2.55. The van der Waals surface area contributed by atoms with E-state index in [1.165, 1.54) is 30.0 Å². The number of aliphatic carboxylic acids is 1. The van der Waals surface area contributed by atoms with E-state index in [4.69, 9.17) is 10.1 Å². The van der Waals surface area contributed by atoms with Crippen molar-refractivity contribution in [2.45, 2.75) is 32.6 Å². The highest BCUT2D eigenvalue weighted by molar-refractivity contribution is 7.15. The highest BCUT2D eigenvalue weighted by atomic mass is 32.1. The highest BCUT2D eigenvalue weighted by Gasteiger charge is 2.17. The van der Waals surface area contributed by atoms with Crippen LogP contribution in [-0.2, 0) is 17.6 Å². The van der Waals surface area contributed by atoms with E-state index in [0.29, 0.717) is 0 Å². The first-order valence-corrected chi connectivity index (χ1v) is 9.01. The summed E-state index contributed by atoms with van der Waals surface area (Å²) in [6.07, 6.45) is 7.60. The van der Waals surface area contributed by atoms with Gasteiger partial charge < -0.3 is 5.11 Å². The lowest BCUT2D eigenvalue weighted by Gasteiger charge is -2.16. The number of aromatic nitrogens is 2. The van der Waals surface area contributed by atoms with E-state index in [-0.39, 0.29) is 0 Å². The van der Waals surface area contributed by atoms with Crippen LogP contribution >= 0.6 is 11.3 Å². The summed E-state index contributed by atoms with van der Waals surface area (Å²) in [5.74, 6) is -0.950. The fraction of sp³-hybridized carbons (Fsp3) is 0.263. The van der Waals surface area contributed by atoms with Crippen molar-refractivity contribution in [1.29, 1.82) is 0 Å². The number of imidazole rings is 1. The van der Waals surface area contributed by atoms with Gasteiger partial charge in [0.05, 0.1) is 11.4 Å². The van der Waals surface area contributed by atoms with Crippen molar-refractivity contribution in [2.24, 2.45) is 0 Å². The Bertz CT molecular complexity index is 965. The smallest absolute Gasteiger partial charge is 0.328 e. The second-order valence-corrected chi connectivity index (χ2v) is 7.04. The minimum absolute atomic E-state index is 0.835. The third-order valence-electron chi connectivity index (χ3n) is 4.58. The lowest BCUT2D eigenvalue weighted by Crippen LogP contribution is -2.02. The molecule has 0 radical (unpaired) electrons. The molecule has 0 saturated heterocycles. The van der Waals surface area contributed by atoms with Crippen molar-refractivity contribution >= 4 is 28.3 Å². The molecular formula is C19H18N2O2S. The van der Waals surface area contributed by atoms with Crippen LogP contribution in [0.5, 0.6) is 0 Å². The molecule has 0 saturated carbocycles. The predicted molar refractivity (Wildman–Crippen MR) is 96.6 cm³/mol. The molecule has 0 spiro atoms. The van der Waals surface area contributed by atoms with Gasteiger partial charge in [0.1, 0.15) is 0 Å². The summed E-state index contributed by atoms with van der Waals surface area (Å²) in [6.45, 7) is 2.01. The zero-order valence-corrected chi connectivity index (χ0v) is 14.3. The SMILES string of the molecule is Cc1csc2nc(-c3ccc4c(c3)CCCC4)c(/C=C/C(=O)O)n12. The maximum atomic E-state index is 11.0.